The van der Waals surface area contributed by atoms with E-state index in [1.807, 2.05) is 53.1 Å². The summed E-state index contributed by atoms with van der Waals surface area (Å²) in [7, 11) is -3.52. The number of aryl methyl sites for hydroxylation is 1. The lowest BCUT2D eigenvalue weighted by atomic mass is 10.1. The number of hydrogen-bond donors (Lipinski definition) is 0. The van der Waals surface area contributed by atoms with Crippen molar-refractivity contribution in [2.75, 3.05) is 5.75 Å². The number of benzene rings is 3. The Hall–Kier alpha value is -2.90. The van der Waals surface area contributed by atoms with Gasteiger partial charge in [0, 0.05) is 11.4 Å². The van der Waals surface area contributed by atoms with Crippen LogP contribution in [-0.2, 0) is 22.0 Å². The molecule has 4 aromatic rings. The SMILES string of the molecule is O=S(=O)(Cc1nnc(SCCCc2ccccc2)n1-c1ccccc1)c1ccccc1. The van der Waals surface area contributed by atoms with Gasteiger partial charge >= 0.3 is 0 Å². The third-order valence-electron chi connectivity index (χ3n) is 4.82. The molecule has 4 rings (SSSR count). The van der Waals surface area contributed by atoms with Crippen LogP contribution in [0.25, 0.3) is 5.69 Å². The molecule has 0 amide bonds. The van der Waals surface area contributed by atoms with Crippen LogP contribution in [0.5, 0.6) is 0 Å². The van der Waals surface area contributed by atoms with E-state index in [2.05, 4.69) is 22.3 Å². The highest BCUT2D eigenvalue weighted by atomic mass is 32.2. The maximum Gasteiger partial charge on any atom is 0.195 e. The molecular weight excluding hydrogens is 426 g/mol. The van der Waals surface area contributed by atoms with Crippen LogP contribution in [0.15, 0.2) is 101 Å². The first-order chi connectivity index (χ1) is 15.1. The molecule has 31 heavy (non-hydrogen) atoms. The van der Waals surface area contributed by atoms with Gasteiger partial charge in [0.1, 0.15) is 5.75 Å². The van der Waals surface area contributed by atoms with Crippen molar-refractivity contribution in [2.45, 2.75) is 28.6 Å². The maximum absolute atomic E-state index is 12.9. The minimum absolute atomic E-state index is 0.205. The number of sulfone groups is 1. The molecule has 0 spiro atoms. The monoisotopic (exact) mass is 449 g/mol. The fraction of sp³-hybridized carbons (Fsp3) is 0.167. The second-order valence-corrected chi connectivity index (χ2v) is 10.1. The zero-order chi connectivity index (χ0) is 21.5. The number of para-hydroxylation sites is 1. The summed E-state index contributed by atoms with van der Waals surface area (Å²) in [6, 6.07) is 28.5. The zero-order valence-corrected chi connectivity index (χ0v) is 18.6. The van der Waals surface area contributed by atoms with Crippen LogP contribution in [0, 0.1) is 0 Å². The van der Waals surface area contributed by atoms with Gasteiger partial charge in [-0.3, -0.25) is 4.57 Å². The number of rotatable bonds is 9. The Labute approximate surface area is 187 Å². The van der Waals surface area contributed by atoms with Crippen LogP contribution in [0.3, 0.4) is 0 Å². The molecule has 0 bridgehead atoms. The van der Waals surface area contributed by atoms with Crippen LogP contribution >= 0.6 is 11.8 Å². The van der Waals surface area contributed by atoms with Crippen molar-refractivity contribution in [2.24, 2.45) is 0 Å². The van der Waals surface area contributed by atoms with Gasteiger partial charge in [-0.15, -0.1) is 10.2 Å². The van der Waals surface area contributed by atoms with E-state index in [4.69, 9.17) is 0 Å². The third-order valence-corrected chi connectivity index (χ3v) is 7.46. The predicted molar refractivity (Wildman–Crippen MR) is 124 cm³/mol. The zero-order valence-electron chi connectivity index (χ0n) is 17.0. The van der Waals surface area contributed by atoms with Crippen molar-refractivity contribution in [3.05, 3.63) is 102 Å². The van der Waals surface area contributed by atoms with E-state index in [9.17, 15) is 8.42 Å². The third kappa shape index (κ3) is 5.42. The molecule has 0 fully saturated rings. The maximum atomic E-state index is 12.9. The average Bonchev–Trinajstić information content (AvgIpc) is 3.20. The highest BCUT2D eigenvalue weighted by Gasteiger charge is 2.22. The summed E-state index contributed by atoms with van der Waals surface area (Å²) in [5.41, 5.74) is 2.17. The highest BCUT2D eigenvalue weighted by Crippen LogP contribution is 2.25. The van der Waals surface area contributed by atoms with Gasteiger partial charge in [-0.2, -0.15) is 0 Å². The Kier molecular flexibility index (Phi) is 6.84. The predicted octanol–water partition coefficient (Wildman–Crippen LogP) is 4.97. The largest absolute Gasteiger partial charge is 0.273 e. The standard InChI is InChI=1S/C24H23N3O2S2/c28-31(29,22-16-8-3-9-17-22)19-23-25-26-24(27(23)21-14-6-2-7-15-21)30-18-10-13-20-11-4-1-5-12-20/h1-9,11-12,14-17H,10,13,18-19H2. The number of aromatic nitrogens is 3. The molecule has 1 heterocycles. The van der Waals surface area contributed by atoms with E-state index in [0.29, 0.717) is 11.0 Å². The van der Waals surface area contributed by atoms with Gasteiger partial charge in [0.15, 0.2) is 20.8 Å². The van der Waals surface area contributed by atoms with Crippen molar-refractivity contribution >= 4 is 21.6 Å². The summed E-state index contributed by atoms with van der Waals surface area (Å²) in [5, 5.41) is 9.29. The molecule has 5 nitrogen and oxygen atoms in total. The van der Waals surface area contributed by atoms with Crippen LogP contribution in [-0.4, -0.2) is 28.9 Å². The van der Waals surface area contributed by atoms with Gasteiger partial charge in [-0.05, 0) is 42.7 Å². The lowest BCUT2D eigenvalue weighted by Gasteiger charge is -2.11. The molecule has 0 aliphatic rings. The Morgan fingerprint density at radius 2 is 1.39 bits per heavy atom. The smallest absolute Gasteiger partial charge is 0.195 e. The Balaban J connectivity index is 1.54. The Morgan fingerprint density at radius 3 is 2.06 bits per heavy atom. The van der Waals surface area contributed by atoms with Crippen molar-refractivity contribution in [3.63, 3.8) is 0 Å². The molecule has 7 heteroatoms. The van der Waals surface area contributed by atoms with Gasteiger partial charge in [0.2, 0.25) is 0 Å². The molecule has 1 aromatic heterocycles. The molecule has 0 aliphatic carbocycles. The first kappa shape index (κ1) is 21.3. The van der Waals surface area contributed by atoms with Crippen LogP contribution in [0.2, 0.25) is 0 Å². The van der Waals surface area contributed by atoms with E-state index in [1.54, 1.807) is 42.1 Å². The van der Waals surface area contributed by atoms with Gasteiger partial charge in [-0.25, -0.2) is 8.42 Å². The number of hydrogen-bond acceptors (Lipinski definition) is 5. The topological polar surface area (TPSA) is 64.8 Å². The van der Waals surface area contributed by atoms with Crippen LogP contribution in [0.4, 0.5) is 0 Å². The number of nitrogens with zero attached hydrogens (tertiary/aromatic N) is 3. The van der Waals surface area contributed by atoms with Crippen molar-refractivity contribution in [3.8, 4) is 5.69 Å². The first-order valence-electron chi connectivity index (χ1n) is 10.1. The van der Waals surface area contributed by atoms with Gasteiger partial charge in [0.25, 0.3) is 0 Å². The van der Waals surface area contributed by atoms with Gasteiger partial charge < -0.3 is 0 Å². The summed E-state index contributed by atoms with van der Waals surface area (Å²) in [6.07, 6.45) is 1.98. The summed E-state index contributed by atoms with van der Waals surface area (Å²) in [5.74, 6) is 1.08. The molecule has 0 N–H and O–H groups in total. The lowest BCUT2D eigenvalue weighted by Crippen LogP contribution is -2.11. The molecule has 0 saturated carbocycles. The van der Waals surface area contributed by atoms with E-state index >= 15 is 0 Å². The van der Waals surface area contributed by atoms with Crippen molar-refractivity contribution < 1.29 is 8.42 Å². The molecule has 0 atom stereocenters. The van der Waals surface area contributed by atoms with E-state index < -0.39 is 9.84 Å². The Bertz CT molecular complexity index is 1210. The highest BCUT2D eigenvalue weighted by molar-refractivity contribution is 7.99. The van der Waals surface area contributed by atoms with Crippen molar-refractivity contribution in [1.82, 2.24) is 14.8 Å². The van der Waals surface area contributed by atoms with Crippen molar-refractivity contribution in [1.29, 1.82) is 0 Å². The quantitative estimate of drug-likeness (QED) is 0.267. The van der Waals surface area contributed by atoms with Crippen LogP contribution < -0.4 is 0 Å². The molecule has 158 valence electrons. The van der Waals surface area contributed by atoms with Crippen LogP contribution in [0.1, 0.15) is 17.8 Å². The molecule has 3 aromatic carbocycles. The van der Waals surface area contributed by atoms with E-state index in [-0.39, 0.29) is 10.6 Å². The van der Waals surface area contributed by atoms with E-state index in [0.717, 1.165) is 24.3 Å². The fourth-order valence-electron chi connectivity index (χ4n) is 3.29. The fourth-order valence-corrected chi connectivity index (χ4v) is 5.46. The number of thioether (sulfide) groups is 1. The molecule has 0 radical (unpaired) electrons. The van der Waals surface area contributed by atoms with Gasteiger partial charge in [-0.1, -0.05) is 78.5 Å². The molecule has 0 saturated heterocycles. The summed E-state index contributed by atoms with van der Waals surface area (Å²) in [6.45, 7) is 0. The average molecular weight is 450 g/mol. The molecular formula is C24H23N3O2S2. The normalized spacial score (nSPS) is 11.5. The lowest BCUT2D eigenvalue weighted by molar-refractivity contribution is 0.593. The minimum Gasteiger partial charge on any atom is -0.273 e. The summed E-state index contributed by atoms with van der Waals surface area (Å²) < 4.78 is 27.7. The van der Waals surface area contributed by atoms with Gasteiger partial charge in [0.05, 0.1) is 4.90 Å². The minimum atomic E-state index is -3.52. The second kappa shape index (κ2) is 9.94. The first-order valence-corrected chi connectivity index (χ1v) is 12.7. The Morgan fingerprint density at radius 1 is 0.774 bits per heavy atom. The molecule has 0 unspecified atom stereocenters. The van der Waals surface area contributed by atoms with E-state index in [1.165, 1.54) is 5.56 Å². The summed E-state index contributed by atoms with van der Waals surface area (Å²) in [4.78, 5) is 0.287. The summed E-state index contributed by atoms with van der Waals surface area (Å²) >= 11 is 1.60. The second-order valence-electron chi connectivity index (χ2n) is 7.08. The molecule has 0 aliphatic heterocycles.